The molecule has 1 N–H and O–H groups in total. The molecule has 0 aliphatic heterocycles. The van der Waals surface area contributed by atoms with Gasteiger partial charge in [-0.1, -0.05) is 11.8 Å². The molecule has 0 spiro atoms. The molecule has 0 amide bonds. The number of pyridine rings is 1. The molecule has 0 bridgehead atoms. The molecule has 5 heteroatoms. The van der Waals surface area contributed by atoms with Gasteiger partial charge in [-0.3, -0.25) is 0 Å². The maximum absolute atomic E-state index is 4.37. The van der Waals surface area contributed by atoms with E-state index in [1.165, 1.54) is 5.56 Å². The third kappa shape index (κ3) is 3.70. The lowest BCUT2D eigenvalue weighted by Crippen LogP contribution is -1.99. The molecule has 2 aromatic heterocycles. The zero-order valence-corrected chi connectivity index (χ0v) is 11.4. The number of anilines is 1. The molecule has 0 aromatic carbocycles. The van der Waals surface area contributed by atoms with E-state index in [4.69, 9.17) is 0 Å². The summed E-state index contributed by atoms with van der Waals surface area (Å²) in [6, 6.07) is 5.98. The van der Waals surface area contributed by atoms with Crippen LogP contribution < -0.4 is 5.32 Å². The van der Waals surface area contributed by atoms with Crippen molar-refractivity contribution in [2.75, 3.05) is 11.9 Å². The highest BCUT2D eigenvalue weighted by Crippen LogP contribution is 2.19. The molecule has 2 aromatic rings. The van der Waals surface area contributed by atoms with Crippen molar-refractivity contribution in [2.45, 2.75) is 24.8 Å². The topological polar surface area (TPSA) is 50.7 Å². The molecule has 0 fully saturated rings. The van der Waals surface area contributed by atoms with Gasteiger partial charge in [0.05, 0.1) is 0 Å². The molecule has 94 valence electrons. The highest BCUT2D eigenvalue weighted by molar-refractivity contribution is 7.98. The Balaban J connectivity index is 1.99. The van der Waals surface area contributed by atoms with Crippen molar-refractivity contribution in [3.63, 3.8) is 0 Å². The predicted molar refractivity (Wildman–Crippen MR) is 74.7 cm³/mol. The highest BCUT2D eigenvalue weighted by atomic mass is 32.2. The van der Waals surface area contributed by atoms with Gasteiger partial charge in [0.25, 0.3) is 0 Å². The second kappa shape index (κ2) is 6.35. The summed E-state index contributed by atoms with van der Waals surface area (Å²) in [6.45, 7) is 4.91. The fraction of sp³-hybridized carbons (Fsp3) is 0.308. The molecule has 2 rings (SSSR count). The zero-order chi connectivity index (χ0) is 12.8. The van der Waals surface area contributed by atoms with Crippen molar-refractivity contribution in [3.8, 4) is 0 Å². The van der Waals surface area contributed by atoms with E-state index in [9.17, 15) is 0 Å². The molecule has 0 aliphatic rings. The lowest BCUT2D eigenvalue weighted by molar-refractivity contribution is 0.932. The normalized spacial score (nSPS) is 10.3. The van der Waals surface area contributed by atoms with E-state index in [0.29, 0.717) is 0 Å². The zero-order valence-electron chi connectivity index (χ0n) is 10.6. The Bertz CT molecular complexity index is 516. The fourth-order valence-electron chi connectivity index (χ4n) is 1.49. The molecule has 0 saturated carbocycles. The van der Waals surface area contributed by atoms with E-state index in [1.54, 1.807) is 18.0 Å². The van der Waals surface area contributed by atoms with E-state index in [2.05, 4.69) is 33.3 Å². The van der Waals surface area contributed by atoms with Crippen LogP contribution in [0.25, 0.3) is 0 Å². The molecule has 0 atom stereocenters. The smallest absolute Gasteiger partial charge is 0.188 e. The second-order valence-electron chi connectivity index (χ2n) is 3.85. The SMILES string of the molecule is CCNc1cc(CSc2nccc(C)n2)ccn1. The van der Waals surface area contributed by atoms with Crippen LogP contribution in [0.15, 0.2) is 35.7 Å². The Morgan fingerprint density at radius 1 is 1.22 bits per heavy atom. The maximum atomic E-state index is 4.37. The summed E-state index contributed by atoms with van der Waals surface area (Å²) in [5.74, 6) is 1.77. The van der Waals surface area contributed by atoms with E-state index in [0.717, 1.165) is 29.0 Å². The van der Waals surface area contributed by atoms with Crippen molar-refractivity contribution in [3.05, 3.63) is 41.9 Å². The molecule has 4 nitrogen and oxygen atoms in total. The molecule has 0 unspecified atom stereocenters. The summed E-state index contributed by atoms with van der Waals surface area (Å²) in [7, 11) is 0. The van der Waals surface area contributed by atoms with E-state index in [1.807, 2.05) is 25.3 Å². The van der Waals surface area contributed by atoms with Crippen molar-refractivity contribution in [1.82, 2.24) is 15.0 Å². The van der Waals surface area contributed by atoms with Crippen molar-refractivity contribution in [2.24, 2.45) is 0 Å². The summed E-state index contributed by atoms with van der Waals surface area (Å²) < 4.78 is 0. The van der Waals surface area contributed by atoms with Gasteiger partial charge in [-0.05, 0) is 37.6 Å². The summed E-state index contributed by atoms with van der Waals surface area (Å²) >= 11 is 1.64. The van der Waals surface area contributed by atoms with Gasteiger partial charge in [0.15, 0.2) is 5.16 Å². The number of aryl methyl sites for hydroxylation is 1. The minimum absolute atomic E-state index is 0.816. The van der Waals surface area contributed by atoms with Crippen LogP contribution in [0.5, 0.6) is 0 Å². The minimum atomic E-state index is 0.816. The van der Waals surface area contributed by atoms with Crippen LogP contribution in [0.2, 0.25) is 0 Å². The largest absolute Gasteiger partial charge is 0.370 e. The Kier molecular flexibility index (Phi) is 4.52. The van der Waals surface area contributed by atoms with Crippen molar-refractivity contribution < 1.29 is 0 Å². The van der Waals surface area contributed by atoms with Gasteiger partial charge < -0.3 is 5.32 Å². The lowest BCUT2D eigenvalue weighted by atomic mass is 10.3. The summed E-state index contributed by atoms with van der Waals surface area (Å²) in [5, 5.41) is 4.02. The maximum Gasteiger partial charge on any atom is 0.188 e. The Morgan fingerprint density at radius 3 is 2.83 bits per heavy atom. The van der Waals surface area contributed by atoms with Crippen LogP contribution in [0.1, 0.15) is 18.2 Å². The molecular formula is C13H16N4S. The van der Waals surface area contributed by atoms with Gasteiger partial charge in [0, 0.05) is 30.4 Å². The number of hydrogen-bond acceptors (Lipinski definition) is 5. The molecule has 0 radical (unpaired) electrons. The van der Waals surface area contributed by atoms with Crippen LogP contribution in [-0.4, -0.2) is 21.5 Å². The number of nitrogens with one attached hydrogen (secondary N) is 1. The number of aromatic nitrogens is 3. The third-order valence-electron chi connectivity index (χ3n) is 2.32. The number of rotatable bonds is 5. The minimum Gasteiger partial charge on any atom is -0.370 e. The van der Waals surface area contributed by atoms with Crippen LogP contribution >= 0.6 is 11.8 Å². The molecule has 2 heterocycles. The van der Waals surface area contributed by atoms with Crippen LogP contribution in [-0.2, 0) is 5.75 Å². The van der Waals surface area contributed by atoms with Crippen LogP contribution in [0, 0.1) is 6.92 Å². The van der Waals surface area contributed by atoms with Gasteiger partial charge >= 0.3 is 0 Å². The molecule has 18 heavy (non-hydrogen) atoms. The molecule has 0 saturated heterocycles. The lowest BCUT2D eigenvalue weighted by Gasteiger charge is -2.05. The predicted octanol–water partition coefficient (Wildman–Crippen LogP) is 2.90. The first-order valence-electron chi connectivity index (χ1n) is 5.89. The summed E-state index contributed by atoms with van der Waals surface area (Å²) in [4.78, 5) is 12.8. The van der Waals surface area contributed by atoms with E-state index < -0.39 is 0 Å². The quantitative estimate of drug-likeness (QED) is 0.661. The average Bonchev–Trinajstić information content (AvgIpc) is 2.37. The Labute approximate surface area is 111 Å². The van der Waals surface area contributed by atoms with Crippen molar-refractivity contribution >= 4 is 17.6 Å². The third-order valence-corrected chi connectivity index (χ3v) is 3.26. The van der Waals surface area contributed by atoms with Gasteiger partial charge in [-0.2, -0.15) is 0 Å². The molecule has 0 aliphatic carbocycles. The van der Waals surface area contributed by atoms with Gasteiger partial charge in [-0.25, -0.2) is 15.0 Å². The number of nitrogens with zero attached hydrogens (tertiary/aromatic N) is 3. The second-order valence-corrected chi connectivity index (χ2v) is 4.79. The van der Waals surface area contributed by atoms with E-state index in [-0.39, 0.29) is 0 Å². The van der Waals surface area contributed by atoms with Crippen LogP contribution in [0.4, 0.5) is 5.82 Å². The summed E-state index contributed by atoms with van der Waals surface area (Å²) in [6.07, 6.45) is 3.62. The fourth-order valence-corrected chi connectivity index (χ4v) is 2.30. The monoisotopic (exact) mass is 260 g/mol. The number of hydrogen-bond donors (Lipinski definition) is 1. The highest BCUT2D eigenvalue weighted by Gasteiger charge is 2.01. The first kappa shape index (κ1) is 12.8. The Hall–Kier alpha value is -1.62. The first-order chi connectivity index (χ1) is 8.78. The standard InChI is InChI=1S/C13H16N4S/c1-3-14-12-8-11(5-7-15-12)9-18-13-16-6-4-10(2)17-13/h4-8H,3,9H2,1-2H3,(H,14,15). The Morgan fingerprint density at radius 2 is 2.06 bits per heavy atom. The van der Waals surface area contributed by atoms with E-state index >= 15 is 0 Å². The average molecular weight is 260 g/mol. The number of thioether (sulfide) groups is 1. The summed E-state index contributed by atoms with van der Waals surface area (Å²) in [5.41, 5.74) is 2.21. The van der Waals surface area contributed by atoms with Gasteiger partial charge in [-0.15, -0.1) is 0 Å². The van der Waals surface area contributed by atoms with Gasteiger partial charge in [0.2, 0.25) is 0 Å². The van der Waals surface area contributed by atoms with Crippen LogP contribution in [0.3, 0.4) is 0 Å². The van der Waals surface area contributed by atoms with Gasteiger partial charge in [0.1, 0.15) is 5.82 Å². The van der Waals surface area contributed by atoms with Crippen molar-refractivity contribution in [1.29, 1.82) is 0 Å². The molecular weight excluding hydrogens is 244 g/mol. The first-order valence-corrected chi connectivity index (χ1v) is 6.87.